The molecule has 160 valence electrons. The summed E-state index contributed by atoms with van der Waals surface area (Å²) in [6.45, 7) is 4.44. The molecule has 0 unspecified atom stereocenters. The summed E-state index contributed by atoms with van der Waals surface area (Å²) >= 11 is 0. The van der Waals surface area contributed by atoms with Gasteiger partial charge in [-0.15, -0.1) is 0 Å². The van der Waals surface area contributed by atoms with Gasteiger partial charge in [-0.3, -0.25) is 19.1 Å². The molecule has 30 heavy (non-hydrogen) atoms. The average molecular weight is 412 g/mol. The van der Waals surface area contributed by atoms with E-state index in [2.05, 4.69) is 27.1 Å². The Morgan fingerprint density at radius 1 is 1.20 bits per heavy atom. The monoisotopic (exact) mass is 411 g/mol. The standard InChI is InChI=1S/C22H29N5O3/c1-15-6-5-7-17(10-15)16(2)11-23-21(29)22(30)26-19-12-24-27(13-19)14-20(28)25-18-8-3-4-9-18/h5-7,10,12-13,16,18H,3-4,8-9,11,14H2,1-2H3,(H,23,29)(H,25,28)(H,26,30)/t16-/m0/s1. The van der Waals surface area contributed by atoms with E-state index >= 15 is 0 Å². The van der Waals surface area contributed by atoms with Crippen molar-refractivity contribution in [1.82, 2.24) is 20.4 Å². The smallest absolute Gasteiger partial charge is 0.313 e. The van der Waals surface area contributed by atoms with Gasteiger partial charge in [-0.05, 0) is 31.2 Å². The lowest BCUT2D eigenvalue weighted by molar-refractivity contribution is -0.136. The number of carbonyl (C=O) groups excluding carboxylic acids is 3. The summed E-state index contributed by atoms with van der Waals surface area (Å²) in [7, 11) is 0. The van der Waals surface area contributed by atoms with Crippen LogP contribution in [-0.4, -0.2) is 40.1 Å². The summed E-state index contributed by atoms with van der Waals surface area (Å²) < 4.78 is 1.44. The van der Waals surface area contributed by atoms with Crippen LogP contribution in [-0.2, 0) is 20.9 Å². The van der Waals surface area contributed by atoms with E-state index in [1.165, 1.54) is 17.1 Å². The Balaban J connectivity index is 1.43. The molecule has 0 aliphatic heterocycles. The van der Waals surface area contributed by atoms with Gasteiger partial charge in [0.1, 0.15) is 6.54 Å². The Kier molecular flexibility index (Phi) is 7.21. The molecule has 3 rings (SSSR count). The zero-order valence-electron chi connectivity index (χ0n) is 17.5. The third-order valence-electron chi connectivity index (χ3n) is 5.30. The molecule has 1 fully saturated rings. The Morgan fingerprint density at radius 2 is 1.97 bits per heavy atom. The van der Waals surface area contributed by atoms with Crippen molar-refractivity contribution in [3.63, 3.8) is 0 Å². The van der Waals surface area contributed by atoms with Gasteiger partial charge in [-0.2, -0.15) is 5.10 Å². The number of aromatic nitrogens is 2. The molecule has 2 aromatic rings. The number of hydrogen-bond acceptors (Lipinski definition) is 4. The van der Waals surface area contributed by atoms with Crippen molar-refractivity contribution in [3.05, 3.63) is 47.8 Å². The maximum atomic E-state index is 12.1. The number of amides is 3. The second kappa shape index (κ2) is 10.0. The van der Waals surface area contributed by atoms with Crippen molar-refractivity contribution in [3.8, 4) is 0 Å². The van der Waals surface area contributed by atoms with E-state index in [0.717, 1.165) is 36.8 Å². The van der Waals surface area contributed by atoms with Crippen molar-refractivity contribution in [1.29, 1.82) is 0 Å². The Labute approximate surface area is 176 Å². The highest BCUT2D eigenvalue weighted by atomic mass is 16.2. The van der Waals surface area contributed by atoms with E-state index in [-0.39, 0.29) is 24.4 Å². The zero-order valence-corrected chi connectivity index (χ0v) is 17.5. The van der Waals surface area contributed by atoms with E-state index in [0.29, 0.717) is 12.2 Å². The van der Waals surface area contributed by atoms with Crippen LogP contribution in [0.5, 0.6) is 0 Å². The number of rotatable bonds is 7. The predicted octanol–water partition coefficient (Wildman–Crippen LogP) is 2.11. The Bertz CT molecular complexity index is 902. The van der Waals surface area contributed by atoms with Crippen LogP contribution in [0.2, 0.25) is 0 Å². The van der Waals surface area contributed by atoms with Crippen molar-refractivity contribution in [2.24, 2.45) is 0 Å². The lowest BCUT2D eigenvalue weighted by atomic mass is 9.99. The van der Waals surface area contributed by atoms with Gasteiger partial charge in [0, 0.05) is 18.8 Å². The molecule has 3 amide bonds. The van der Waals surface area contributed by atoms with Gasteiger partial charge in [0.15, 0.2) is 0 Å². The first-order valence-electron chi connectivity index (χ1n) is 10.4. The molecule has 0 radical (unpaired) electrons. The molecule has 8 nitrogen and oxygen atoms in total. The molecule has 1 aliphatic carbocycles. The summed E-state index contributed by atoms with van der Waals surface area (Å²) in [5, 5.41) is 12.2. The van der Waals surface area contributed by atoms with Crippen LogP contribution in [0.1, 0.15) is 49.7 Å². The second-order valence-electron chi connectivity index (χ2n) is 7.95. The van der Waals surface area contributed by atoms with E-state index < -0.39 is 11.8 Å². The summed E-state index contributed by atoms with van der Waals surface area (Å²) in [5.41, 5.74) is 2.63. The molecule has 8 heteroatoms. The lowest BCUT2D eigenvalue weighted by Gasteiger charge is -2.13. The predicted molar refractivity (Wildman–Crippen MR) is 114 cm³/mol. The molecular formula is C22H29N5O3. The fraction of sp³-hybridized carbons (Fsp3) is 0.455. The van der Waals surface area contributed by atoms with E-state index in [4.69, 9.17) is 0 Å². The van der Waals surface area contributed by atoms with Crippen LogP contribution in [0.3, 0.4) is 0 Å². The number of aryl methyl sites for hydroxylation is 1. The second-order valence-corrected chi connectivity index (χ2v) is 7.95. The molecule has 1 saturated carbocycles. The van der Waals surface area contributed by atoms with Crippen LogP contribution in [0.15, 0.2) is 36.7 Å². The maximum Gasteiger partial charge on any atom is 0.313 e. The minimum atomic E-state index is -0.763. The third kappa shape index (κ3) is 6.17. The van der Waals surface area contributed by atoms with Gasteiger partial charge < -0.3 is 16.0 Å². The molecule has 1 aliphatic rings. The van der Waals surface area contributed by atoms with Crippen molar-refractivity contribution < 1.29 is 14.4 Å². The number of anilines is 1. The first-order chi connectivity index (χ1) is 14.4. The Hall–Kier alpha value is -3.16. The highest BCUT2D eigenvalue weighted by Gasteiger charge is 2.18. The van der Waals surface area contributed by atoms with Crippen LogP contribution >= 0.6 is 0 Å². The van der Waals surface area contributed by atoms with Crippen LogP contribution < -0.4 is 16.0 Å². The molecule has 3 N–H and O–H groups in total. The zero-order chi connectivity index (χ0) is 21.5. The van der Waals surface area contributed by atoms with E-state index in [1.54, 1.807) is 0 Å². The van der Waals surface area contributed by atoms with Crippen molar-refractivity contribution in [2.75, 3.05) is 11.9 Å². The summed E-state index contributed by atoms with van der Waals surface area (Å²) in [6, 6.07) is 8.30. The number of benzene rings is 1. The fourth-order valence-electron chi connectivity index (χ4n) is 3.61. The van der Waals surface area contributed by atoms with Crippen molar-refractivity contribution >= 4 is 23.4 Å². The fourth-order valence-corrected chi connectivity index (χ4v) is 3.61. The lowest BCUT2D eigenvalue weighted by Crippen LogP contribution is -2.37. The molecule has 0 saturated heterocycles. The molecule has 0 spiro atoms. The largest absolute Gasteiger partial charge is 0.352 e. The SMILES string of the molecule is Cc1cccc([C@@H](C)CNC(=O)C(=O)Nc2cnn(CC(=O)NC3CCCC3)c2)c1. The molecule has 1 aromatic carbocycles. The quantitative estimate of drug-likeness (QED) is 0.607. The first kappa shape index (κ1) is 21.5. The molecule has 0 bridgehead atoms. The highest BCUT2D eigenvalue weighted by molar-refractivity contribution is 6.39. The normalized spacial score (nSPS) is 14.9. The summed E-state index contributed by atoms with van der Waals surface area (Å²) in [6.07, 6.45) is 7.29. The van der Waals surface area contributed by atoms with E-state index in [1.807, 2.05) is 32.0 Å². The van der Waals surface area contributed by atoms with E-state index in [9.17, 15) is 14.4 Å². The number of carbonyl (C=O) groups is 3. The molecule has 1 aromatic heterocycles. The average Bonchev–Trinajstić information content (AvgIpc) is 3.37. The van der Waals surface area contributed by atoms with Gasteiger partial charge in [-0.25, -0.2) is 0 Å². The maximum absolute atomic E-state index is 12.1. The van der Waals surface area contributed by atoms with Gasteiger partial charge in [-0.1, -0.05) is 49.6 Å². The molecule has 1 atom stereocenters. The highest BCUT2D eigenvalue weighted by Crippen LogP contribution is 2.17. The number of nitrogens with zero attached hydrogens (tertiary/aromatic N) is 2. The Morgan fingerprint density at radius 3 is 2.70 bits per heavy atom. The van der Waals surface area contributed by atoms with Gasteiger partial charge in [0.05, 0.1) is 11.9 Å². The van der Waals surface area contributed by atoms with Crippen LogP contribution in [0.25, 0.3) is 0 Å². The number of hydrogen-bond donors (Lipinski definition) is 3. The van der Waals surface area contributed by atoms with Gasteiger partial charge >= 0.3 is 11.8 Å². The minimum absolute atomic E-state index is 0.0760. The molecule has 1 heterocycles. The third-order valence-corrected chi connectivity index (χ3v) is 5.30. The molecular weight excluding hydrogens is 382 g/mol. The topological polar surface area (TPSA) is 105 Å². The first-order valence-corrected chi connectivity index (χ1v) is 10.4. The minimum Gasteiger partial charge on any atom is -0.352 e. The van der Waals surface area contributed by atoms with Crippen LogP contribution in [0.4, 0.5) is 5.69 Å². The van der Waals surface area contributed by atoms with Gasteiger partial charge in [0.2, 0.25) is 5.91 Å². The van der Waals surface area contributed by atoms with Crippen molar-refractivity contribution in [2.45, 2.75) is 58.0 Å². The summed E-state index contributed by atoms with van der Waals surface area (Å²) in [4.78, 5) is 36.3. The van der Waals surface area contributed by atoms with Crippen LogP contribution in [0, 0.1) is 6.92 Å². The van der Waals surface area contributed by atoms with Gasteiger partial charge in [0.25, 0.3) is 0 Å². The number of nitrogens with one attached hydrogen (secondary N) is 3. The summed E-state index contributed by atoms with van der Waals surface area (Å²) in [5.74, 6) is -1.49.